The van der Waals surface area contributed by atoms with Crippen LogP contribution in [0, 0.1) is 6.92 Å². The molecule has 1 fully saturated rings. The molecule has 1 amide bonds. The Bertz CT molecular complexity index is 1270. The van der Waals surface area contributed by atoms with Crippen molar-refractivity contribution in [3.8, 4) is 0 Å². The fourth-order valence-electron chi connectivity index (χ4n) is 3.41. The van der Waals surface area contributed by atoms with Gasteiger partial charge < -0.3 is 18.9 Å². The van der Waals surface area contributed by atoms with Crippen molar-refractivity contribution in [1.82, 2.24) is 10.1 Å². The fraction of sp³-hybridized carbons (Fsp3) is 0.261. The van der Waals surface area contributed by atoms with Gasteiger partial charge in [-0.1, -0.05) is 41.6 Å². The average molecular weight is 486 g/mol. The standard InChI is InChI=1S/C23H23N3O7S/c1-16-14-20(24-33-16)25-34(29,30)19-9-5-8-18(15-19)23(28)32-21(17-6-3-2-4-7-17)22(27)26-10-12-31-13-11-26/h2-9,14-15,21H,10-13H2,1H3,(H,24,25)/t21-/m0/s1. The van der Waals surface area contributed by atoms with Gasteiger partial charge in [0.05, 0.1) is 23.7 Å². The number of hydrogen-bond acceptors (Lipinski definition) is 8. The number of esters is 1. The van der Waals surface area contributed by atoms with Crippen molar-refractivity contribution in [2.45, 2.75) is 17.9 Å². The molecular weight excluding hydrogens is 462 g/mol. The number of aryl methyl sites for hydroxylation is 1. The van der Waals surface area contributed by atoms with E-state index < -0.39 is 22.1 Å². The number of rotatable bonds is 7. The zero-order valence-corrected chi connectivity index (χ0v) is 19.2. The van der Waals surface area contributed by atoms with E-state index in [9.17, 15) is 18.0 Å². The second kappa shape index (κ2) is 10.1. The number of hydrogen-bond donors (Lipinski definition) is 1. The first-order valence-electron chi connectivity index (χ1n) is 10.5. The van der Waals surface area contributed by atoms with E-state index in [0.29, 0.717) is 37.6 Å². The molecule has 34 heavy (non-hydrogen) atoms. The first-order chi connectivity index (χ1) is 16.3. The van der Waals surface area contributed by atoms with Crippen LogP contribution in [-0.4, -0.2) is 56.7 Å². The number of sulfonamides is 1. The van der Waals surface area contributed by atoms with E-state index >= 15 is 0 Å². The Hall–Kier alpha value is -3.70. The smallest absolute Gasteiger partial charge is 0.339 e. The molecule has 0 spiro atoms. The van der Waals surface area contributed by atoms with Gasteiger partial charge in [0, 0.05) is 24.7 Å². The molecule has 1 aromatic heterocycles. The Kier molecular flexibility index (Phi) is 6.94. The summed E-state index contributed by atoms with van der Waals surface area (Å²) < 4.78 is 43.5. The molecule has 2 aromatic carbocycles. The minimum atomic E-state index is -4.04. The highest BCUT2D eigenvalue weighted by molar-refractivity contribution is 7.92. The van der Waals surface area contributed by atoms with Crippen LogP contribution in [0.4, 0.5) is 5.82 Å². The van der Waals surface area contributed by atoms with Crippen LogP contribution in [0.3, 0.4) is 0 Å². The second-order valence-corrected chi connectivity index (χ2v) is 9.27. The first kappa shape index (κ1) is 23.5. The van der Waals surface area contributed by atoms with Crippen LogP contribution in [0.25, 0.3) is 0 Å². The number of carbonyl (C=O) groups is 2. The van der Waals surface area contributed by atoms with E-state index in [1.54, 1.807) is 42.2 Å². The fourth-order valence-corrected chi connectivity index (χ4v) is 4.44. The largest absolute Gasteiger partial charge is 0.444 e. The topological polar surface area (TPSA) is 128 Å². The maximum atomic E-state index is 13.2. The molecule has 1 atom stereocenters. The minimum Gasteiger partial charge on any atom is -0.444 e. The Morgan fingerprint density at radius 2 is 1.79 bits per heavy atom. The highest BCUT2D eigenvalue weighted by Gasteiger charge is 2.31. The van der Waals surface area contributed by atoms with Crippen LogP contribution in [0.2, 0.25) is 0 Å². The van der Waals surface area contributed by atoms with Crippen LogP contribution in [-0.2, 0) is 24.3 Å². The number of benzene rings is 2. The van der Waals surface area contributed by atoms with Gasteiger partial charge in [0.25, 0.3) is 15.9 Å². The third-order valence-corrected chi connectivity index (χ3v) is 6.47. The molecule has 0 radical (unpaired) electrons. The third-order valence-electron chi connectivity index (χ3n) is 5.12. The molecule has 3 aromatic rings. The molecule has 11 heteroatoms. The van der Waals surface area contributed by atoms with Crippen LogP contribution >= 0.6 is 0 Å². The third kappa shape index (κ3) is 5.43. The summed E-state index contributed by atoms with van der Waals surface area (Å²) in [6.45, 7) is 3.21. The van der Waals surface area contributed by atoms with Crippen molar-refractivity contribution in [3.05, 3.63) is 77.6 Å². The number of anilines is 1. The van der Waals surface area contributed by atoms with Crippen molar-refractivity contribution >= 4 is 27.7 Å². The van der Waals surface area contributed by atoms with Crippen molar-refractivity contribution in [3.63, 3.8) is 0 Å². The lowest BCUT2D eigenvalue weighted by atomic mass is 10.1. The highest BCUT2D eigenvalue weighted by Crippen LogP contribution is 2.24. The highest BCUT2D eigenvalue weighted by atomic mass is 32.2. The van der Waals surface area contributed by atoms with Crippen LogP contribution in [0.5, 0.6) is 0 Å². The van der Waals surface area contributed by atoms with Gasteiger partial charge in [0.15, 0.2) is 5.82 Å². The molecule has 178 valence electrons. The van der Waals surface area contributed by atoms with Gasteiger partial charge in [-0.2, -0.15) is 0 Å². The summed E-state index contributed by atoms with van der Waals surface area (Å²) in [4.78, 5) is 27.6. The summed E-state index contributed by atoms with van der Waals surface area (Å²) in [7, 11) is -4.04. The maximum absolute atomic E-state index is 13.2. The molecule has 10 nitrogen and oxygen atoms in total. The molecule has 0 saturated carbocycles. The van der Waals surface area contributed by atoms with Gasteiger partial charge in [-0.25, -0.2) is 13.2 Å². The van der Waals surface area contributed by atoms with Crippen LogP contribution in [0.15, 0.2) is 70.1 Å². The summed E-state index contributed by atoms with van der Waals surface area (Å²) in [5.41, 5.74) is 0.495. The number of aromatic nitrogens is 1. The Balaban J connectivity index is 1.56. The van der Waals surface area contributed by atoms with E-state index in [1.807, 2.05) is 0 Å². The predicted molar refractivity (Wildman–Crippen MR) is 120 cm³/mol. The van der Waals surface area contributed by atoms with Gasteiger partial charge in [-0.05, 0) is 25.1 Å². The molecule has 1 aliphatic rings. The Morgan fingerprint density at radius 1 is 1.06 bits per heavy atom. The van der Waals surface area contributed by atoms with Crippen molar-refractivity contribution in [2.24, 2.45) is 0 Å². The predicted octanol–water partition coefficient (Wildman–Crippen LogP) is 2.54. The molecular formula is C23H23N3O7S. The number of nitrogens with one attached hydrogen (secondary N) is 1. The molecule has 1 aliphatic heterocycles. The molecule has 4 rings (SSSR count). The maximum Gasteiger partial charge on any atom is 0.339 e. The van der Waals surface area contributed by atoms with Crippen molar-refractivity contribution < 1.29 is 32.0 Å². The SMILES string of the molecule is Cc1cc(NS(=O)(=O)c2cccc(C(=O)O[C@H](C(=O)N3CCOCC3)c3ccccc3)c2)no1. The van der Waals surface area contributed by atoms with Crippen LogP contribution in [0.1, 0.15) is 27.8 Å². The van der Waals surface area contributed by atoms with E-state index in [1.165, 1.54) is 30.3 Å². The van der Waals surface area contributed by atoms with Gasteiger partial charge in [0.2, 0.25) is 6.10 Å². The molecule has 0 bridgehead atoms. The number of ether oxygens (including phenoxy) is 2. The van der Waals surface area contributed by atoms with Gasteiger partial charge in [-0.3, -0.25) is 9.52 Å². The van der Waals surface area contributed by atoms with Gasteiger partial charge in [0.1, 0.15) is 5.76 Å². The average Bonchev–Trinajstić information content (AvgIpc) is 3.26. The lowest BCUT2D eigenvalue weighted by Crippen LogP contribution is -2.44. The molecule has 1 saturated heterocycles. The van der Waals surface area contributed by atoms with Crippen molar-refractivity contribution in [1.29, 1.82) is 0 Å². The molecule has 0 unspecified atom stereocenters. The van der Waals surface area contributed by atoms with Crippen LogP contribution < -0.4 is 4.72 Å². The van der Waals surface area contributed by atoms with E-state index in [-0.39, 0.29) is 22.2 Å². The monoisotopic (exact) mass is 485 g/mol. The quantitative estimate of drug-likeness (QED) is 0.506. The molecule has 2 heterocycles. The summed E-state index contributed by atoms with van der Waals surface area (Å²) in [5, 5.41) is 3.61. The number of morpholine rings is 1. The summed E-state index contributed by atoms with van der Waals surface area (Å²) in [6.07, 6.45) is -1.18. The Morgan fingerprint density at radius 3 is 2.47 bits per heavy atom. The number of amides is 1. The van der Waals surface area contributed by atoms with E-state index in [4.69, 9.17) is 14.0 Å². The lowest BCUT2D eigenvalue weighted by Gasteiger charge is -2.30. The van der Waals surface area contributed by atoms with Gasteiger partial charge >= 0.3 is 5.97 Å². The van der Waals surface area contributed by atoms with E-state index in [2.05, 4.69) is 9.88 Å². The zero-order chi connectivity index (χ0) is 24.1. The lowest BCUT2D eigenvalue weighted by molar-refractivity contribution is -0.145. The molecule has 1 N–H and O–H groups in total. The van der Waals surface area contributed by atoms with Gasteiger partial charge in [-0.15, -0.1) is 0 Å². The zero-order valence-electron chi connectivity index (χ0n) is 18.3. The summed E-state index contributed by atoms with van der Waals surface area (Å²) in [5.74, 6) is -0.739. The number of nitrogens with zero attached hydrogens (tertiary/aromatic N) is 2. The first-order valence-corrected chi connectivity index (χ1v) is 12.0. The second-order valence-electron chi connectivity index (χ2n) is 7.59. The summed E-state index contributed by atoms with van der Waals surface area (Å²) >= 11 is 0. The number of carbonyl (C=O) groups excluding carboxylic acids is 2. The molecule has 0 aliphatic carbocycles. The minimum absolute atomic E-state index is 0.0186. The van der Waals surface area contributed by atoms with Crippen molar-refractivity contribution in [2.75, 3.05) is 31.0 Å². The normalized spacial score (nSPS) is 14.9. The summed E-state index contributed by atoms with van der Waals surface area (Å²) in [6, 6.07) is 15.4. The Labute approximate surface area is 196 Å². The van der Waals surface area contributed by atoms with E-state index in [0.717, 1.165) is 0 Å².